The Morgan fingerprint density at radius 1 is 0.750 bits per heavy atom. The fourth-order valence-corrected chi connectivity index (χ4v) is 2.41. The lowest BCUT2D eigenvalue weighted by Gasteiger charge is -2.19. The molecule has 0 aliphatic heterocycles. The largest absolute Gasteiger partial charge is 0.272 e. The predicted octanol–water partition coefficient (Wildman–Crippen LogP) is 3.78. The third kappa shape index (κ3) is 11.2. The molecule has 0 aliphatic rings. The summed E-state index contributed by atoms with van der Waals surface area (Å²) in [5, 5.41) is 1.44. The maximum atomic E-state index is 11.7. The average Bonchev–Trinajstić information content (AvgIpc) is 2.46. The highest BCUT2D eigenvalue weighted by molar-refractivity contribution is 5.75. The van der Waals surface area contributed by atoms with E-state index in [1.807, 2.05) is 0 Å². The van der Waals surface area contributed by atoms with E-state index in [4.69, 9.17) is 0 Å². The maximum absolute atomic E-state index is 11.7. The molecule has 0 bridgehead atoms. The van der Waals surface area contributed by atoms with Gasteiger partial charge in [-0.05, 0) is 6.42 Å². The fraction of sp³-hybridized carbons (Fsp3) is 0.938. The molecule has 0 aliphatic carbocycles. The van der Waals surface area contributed by atoms with Gasteiger partial charge in [-0.1, -0.05) is 71.1 Å². The molecular weight excluding hydrogens is 250 g/mol. The summed E-state index contributed by atoms with van der Waals surface area (Å²) in [6.07, 6.45) is 15.1. The summed E-state index contributed by atoms with van der Waals surface area (Å²) in [4.78, 5) is 11.7. The Hall–Kier alpha value is -0.610. The quantitative estimate of drug-likeness (QED) is 0.377. The molecule has 20 heavy (non-hydrogen) atoms. The Morgan fingerprint density at radius 3 is 1.55 bits per heavy atom. The summed E-state index contributed by atoms with van der Waals surface area (Å²) in [6, 6.07) is 0. The van der Waals surface area contributed by atoms with Crippen LogP contribution in [0.1, 0.15) is 84.0 Å². The number of hydrogen-bond donors (Lipinski definition) is 2. The van der Waals surface area contributed by atoms with Crippen molar-refractivity contribution in [2.45, 2.75) is 84.0 Å². The second-order valence-corrected chi connectivity index (χ2v) is 5.46. The molecule has 0 rings (SSSR count). The van der Waals surface area contributed by atoms with E-state index in [0.29, 0.717) is 6.42 Å². The summed E-state index contributed by atoms with van der Waals surface area (Å²) >= 11 is 0. The number of nitrogens with one attached hydrogen (secondary N) is 2. The number of nitrogens with zero attached hydrogens (tertiary/aromatic N) is 1. The van der Waals surface area contributed by atoms with Crippen LogP contribution in [0.15, 0.2) is 0 Å². The zero-order valence-electron chi connectivity index (χ0n) is 13.8. The lowest BCUT2D eigenvalue weighted by atomic mass is 10.1. The molecule has 0 unspecified atom stereocenters. The molecule has 2 N–H and O–H groups in total. The van der Waals surface area contributed by atoms with Crippen LogP contribution in [0.4, 0.5) is 0 Å². The van der Waals surface area contributed by atoms with Gasteiger partial charge in [-0.15, -0.1) is 0 Å². The van der Waals surface area contributed by atoms with E-state index in [0.717, 1.165) is 6.42 Å². The Morgan fingerprint density at radius 2 is 1.15 bits per heavy atom. The molecule has 120 valence electrons. The Kier molecular flexibility index (Phi) is 14.3. The highest BCUT2D eigenvalue weighted by Crippen LogP contribution is 2.12. The second kappa shape index (κ2) is 14.8. The van der Waals surface area contributed by atoms with Crippen LogP contribution in [-0.2, 0) is 4.79 Å². The number of hydrogen-bond acceptors (Lipinski definition) is 3. The van der Waals surface area contributed by atoms with E-state index in [2.05, 4.69) is 17.8 Å². The van der Waals surface area contributed by atoms with Crippen molar-refractivity contribution in [2.75, 3.05) is 14.1 Å². The molecule has 0 radical (unpaired) electrons. The Balaban J connectivity index is 3.22. The molecule has 0 atom stereocenters. The van der Waals surface area contributed by atoms with Crippen LogP contribution in [0.2, 0.25) is 0 Å². The normalized spacial score (nSPS) is 10.8. The molecule has 1 amide bonds. The molecule has 0 saturated carbocycles. The standard InChI is InChI=1S/C16H35N3O/c1-4-5-6-7-8-9-10-11-12-13-14-15-16(20)19(17-2)18-3/h17-18H,4-15H2,1-3H3. The molecule has 0 saturated heterocycles. The van der Waals surface area contributed by atoms with Crippen LogP contribution in [0.5, 0.6) is 0 Å². The minimum Gasteiger partial charge on any atom is -0.272 e. The van der Waals surface area contributed by atoms with Crippen LogP contribution in [0.3, 0.4) is 0 Å². The summed E-state index contributed by atoms with van der Waals surface area (Å²) < 4.78 is 0. The molecule has 0 spiro atoms. The summed E-state index contributed by atoms with van der Waals surface area (Å²) in [5.41, 5.74) is 5.63. The lowest BCUT2D eigenvalue weighted by Crippen LogP contribution is -2.48. The van der Waals surface area contributed by atoms with Crippen LogP contribution >= 0.6 is 0 Å². The van der Waals surface area contributed by atoms with Crippen LogP contribution in [0, 0.1) is 0 Å². The topological polar surface area (TPSA) is 44.4 Å². The first-order valence-electron chi connectivity index (χ1n) is 8.44. The van der Waals surface area contributed by atoms with Crippen LogP contribution in [0.25, 0.3) is 0 Å². The predicted molar refractivity (Wildman–Crippen MR) is 86.0 cm³/mol. The van der Waals surface area contributed by atoms with Crippen molar-refractivity contribution in [2.24, 2.45) is 0 Å². The monoisotopic (exact) mass is 285 g/mol. The van der Waals surface area contributed by atoms with Crippen LogP contribution in [-0.4, -0.2) is 25.1 Å². The van der Waals surface area contributed by atoms with Gasteiger partial charge in [-0.25, -0.2) is 16.0 Å². The Labute approximate surface area is 125 Å². The molecule has 0 fully saturated rings. The van der Waals surface area contributed by atoms with Gasteiger partial charge in [0.15, 0.2) is 0 Å². The highest BCUT2D eigenvalue weighted by Gasteiger charge is 2.08. The number of rotatable bonds is 14. The molecule has 4 heteroatoms. The molecule has 0 aromatic carbocycles. The van der Waals surface area contributed by atoms with Gasteiger partial charge in [-0.2, -0.15) is 0 Å². The first-order chi connectivity index (χ1) is 9.76. The van der Waals surface area contributed by atoms with Crippen molar-refractivity contribution in [3.05, 3.63) is 0 Å². The van der Waals surface area contributed by atoms with Crippen molar-refractivity contribution in [1.82, 2.24) is 16.0 Å². The molecule has 0 aromatic rings. The highest BCUT2D eigenvalue weighted by atomic mass is 16.2. The van der Waals surface area contributed by atoms with Crippen molar-refractivity contribution < 1.29 is 4.79 Å². The van der Waals surface area contributed by atoms with E-state index in [1.54, 1.807) is 14.1 Å². The Bertz CT molecular complexity index is 218. The van der Waals surface area contributed by atoms with Gasteiger partial charge in [0.05, 0.1) is 0 Å². The zero-order chi connectivity index (χ0) is 15.1. The van der Waals surface area contributed by atoms with E-state index in [-0.39, 0.29) is 5.91 Å². The minimum absolute atomic E-state index is 0.117. The summed E-state index contributed by atoms with van der Waals surface area (Å²) in [5.74, 6) is 0.117. The van der Waals surface area contributed by atoms with Gasteiger partial charge >= 0.3 is 0 Å². The van der Waals surface area contributed by atoms with Crippen molar-refractivity contribution >= 4 is 5.91 Å². The van der Waals surface area contributed by atoms with Crippen molar-refractivity contribution in [3.63, 3.8) is 0 Å². The van der Waals surface area contributed by atoms with Crippen molar-refractivity contribution in [3.8, 4) is 0 Å². The van der Waals surface area contributed by atoms with Gasteiger partial charge in [0.1, 0.15) is 0 Å². The summed E-state index contributed by atoms with van der Waals surface area (Å²) in [7, 11) is 3.49. The number of hydrazine groups is 2. The van der Waals surface area contributed by atoms with Crippen molar-refractivity contribution in [1.29, 1.82) is 0 Å². The fourth-order valence-electron chi connectivity index (χ4n) is 2.41. The number of carbonyl (C=O) groups excluding carboxylic acids is 1. The van der Waals surface area contributed by atoms with Gasteiger partial charge in [0, 0.05) is 20.5 Å². The van der Waals surface area contributed by atoms with E-state index in [9.17, 15) is 4.79 Å². The minimum atomic E-state index is 0.117. The molecule has 4 nitrogen and oxygen atoms in total. The first kappa shape index (κ1) is 19.4. The number of amides is 1. The first-order valence-corrected chi connectivity index (χ1v) is 8.44. The summed E-state index contributed by atoms with van der Waals surface area (Å²) in [6.45, 7) is 2.26. The molecule has 0 heterocycles. The van der Waals surface area contributed by atoms with Gasteiger partial charge in [0.2, 0.25) is 0 Å². The van der Waals surface area contributed by atoms with Crippen LogP contribution < -0.4 is 10.9 Å². The second-order valence-electron chi connectivity index (χ2n) is 5.46. The van der Waals surface area contributed by atoms with E-state index >= 15 is 0 Å². The smallest absolute Gasteiger partial charge is 0.251 e. The SMILES string of the molecule is CCCCCCCCCCCCCC(=O)N(NC)NC. The maximum Gasteiger partial charge on any atom is 0.251 e. The average molecular weight is 285 g/mol. The van der Waals surface area contributed by atoms with E-state index < -0.39 is 0 Å². The third-order valence-corrected chi connectivity index (χ3v) is 3.69. The molecular formula is C16H35N3O. The van der Waals surface area contributed by atoms with Gasteiger partial charge in [-0.3, -0.25) is 4.79 Å². The van der Waals surface area contributed by atoms with Gasteiger partial charge < -0.3 is 0 Å². The lowest BCUT2D eigenvalue weighted by molar-refractivity contribution is -0.137. The number of carbonyl (C=O) groups is 1. The zero-order valence-corrected chi connectivity index (χ0v) is 13.8. The number of unbranched alkanes of at least 4 members (excludes halogenated alkanes) is 10. The van der Waals surface area contributed by atoms with E-state index in [1.165, 1.54) is 69.3 Å². The van der Waals surface area contributed by atoms with Gasteiger partial charge in [0.25, 0.3) is 5.91 Å². The third-order valence-electron chi connectivity index (χ3n) is 3.69. The molecule has 0 aromatic heterocycles.